The maximum Gasteiger partial charge on any atom is 0.234 e. The van der Waals surface area contributed by atoms with E-state index in [-0.39, 0.29) is 11.3 Å². The standard InChI is InChI=1S/C15H22N2O/c1-4-12-5-7-13(8-6-12)17(3)14(18)15(9-10-15)11-16-2/h5-8,16H,4,9-11H2,1-3H3. The van der Waals surface area contributed by atoms with Crippen LogP contribution in [0.3, 0.4) is 0 Å². The van der Waals surface area contributed by atoms with Gasteiger partial charge in [-0.15, -0.1) is 0 Å². The summed E-state index contributed by atoms with van der Waals surface area (Å²) in [5.74, 6) is 0.237. The van der Waals surface area contributed by atoms with Gasteiger partial charge in [-0.2, -0.15) is 0 Å². The number of amides is 1. The Kier molecular flexibility index (Phi) is 3.71. The van der Waals surface area contributed by atoms with Crippen LogP contribution in [0.5, 0.6) is 0 Å². The van der Waals surface area contributed by atoms with Crippen LogP contribution in [-0.2, 0) is 11.2 Å². The normalized spacial score (nSPS) is 16.4. The first-order valence-electron chi connectivity index (χ1n) is 6.64. The molecular formula is C15H22N2O. The van der Waals surface area contributed by atoms with Gasteiger partial charge in [-0.1, -0.05) is 19.1 Å². The lowest BCUT2D eigenvalue weighted by atomic mass is 10.0. The Bertz CT molecular complexity index is 421. The summed E-state index contributed by atoms with van der Waals surface area (Å²) in [6.45, 7) is 2.92. The molecule has 1 aromatic rings. The first kappa shape index (κ1) is 13.1. The fourth-order valence-electron chi connectivity index (χ4n) is 2.38. The fraction of sp³-hybridized carbons (Fsp3) is 0.533. The van der Waals surface area contributed by atoms with E-state index >= 15 is 0 Å². The first-order chi connectivity index (χ1) is 8.63. The summed E-state index contributed by atoms with van der Waals surface area (Å²) < 4.78 is 0. The second kappa shape index (κ2) is 5.11. The Morgan fingerprint density at radius 3 is 2.39 bits per heavy atom. The van der Waals surface area contributed by atoms with E-state index in [2.05, 4.69) is 24.4 Å². The summed E-state index contributed by atoms with van der Waals surface area (Å²) in [5.41, 5.74) is 2.14. The summed E-state index contributed by atoms with van der Waals surface area (Å²) >= 11 is 0. The highest BCUT2D eigenvalue weighted by molar-refractivity contribution is 5.99. The molecule has 0 bridgehead atoms. The molecule has 0 spiro atoms. The molecular weight excluding hydrogens is 224 g/mol. The lowest BCUT2D eigenvalue weighted by molar-refractivity contribution is -0.123. The molecule has 0 heterocycles. The predicted molar refractivity (Wildman–Crippen MR) is 74.8 cm³/mol. The zero-order valence-electron chi connectivity index (χ0n) is 11.5. The fourth-order valence-corrected chi connectivity index (χ4v) is 2.38. The largest absolute Gasteiger partial charge is 0.319 e. The van der Waals surface area contributed by atoms with Crippen LogP contribution in [0.15, 0.2) is 24.3 Å². The Balaban J connectivity index is 2.10. The van der Waals surface area contributed by atoms with Crippen molar-refractivity contribution in [3.63, 3.8) is 0 Å². The van der Waals surface area contributed by atoms with Crippen LogP contribution in [0.4, 0.5) is 5.69 Å². The van der Waals surface area contributed by atoms with E-state index in [1.54, 1.807) is 4.90 Å². The summed E-state index contributed by atoms with van der Waals surface area (Å²) in [6, 6.07) is 8.26. The van der Waals surface area contributed by atoms with E-state index in [1.807, 2.05) is 26.2 Å². The Morgan fingerprint density at radius 2 is 1.94 bits per heavy atom. The number of hydrogen-bond acceptors (Lipinski definition) is 2. The molecule has 3 heteroatoms. The van der Waals surface area contributed by atoms with Gasteiger partial charge in [-0.05, 0) is 44.0 Å². The minimum absolute atomic E-state index is 0.146. The summed E-state index contributed by atoms with van der Waals surface area (Å²) in [6.07, 6.45) is 3.04. The average molecular weight is 246 g/mol. The molecule has 1 aliphatic carbocycles. The van der Waals surface area contributed by atoms with Crippen molar-refractivity contribution in [2.24, 2.45) is 5.41 Å². The number of carbonyl (C=O) groups is 1. The smallest absolute Gasteiger partial charge is 0.234 e. The van der Waals surface area contributed by atoms with Crippen LogP contribution in [0.25, 0.3) is 0 Å². The second-order valence-electron chi connectivity index (χ2n) is 5.19. The molecule has 3 nitrogen and oxygen atoms in total. The molecule has 0 radical (unpaired) electrons. The van der Waals surface area contributed by atoms with Crippen LogP contribution >= 0.6 is 0 Å². The van der Waals surface area contributed by atoms with E-state index in [0.29, 0.717) is 0 Å². The van der Waals surface area contributed by atoms with Crippen LogP contribution < -0.4 is 10.2 Å². The molecule has 0 aliphatic heterocycles. The van der Waals surface area contributed by atoms with E-state index < -0.39 is 0 Å². The highest BCUT2D eigenvalue weighted by Gasteiger charge is 2.50. The SMILES string of the molecule is CCc1ccc(N(C)C(=O)C2(CNC)CC2)cc1. The quantitative estimate of drug-likeness (QED) is 0.864. The lowest BCUT2D eigenvalue weighted by Gasteiger charge is -2.23. The van der Waals surface area contributed by atoms with E-state index in [9.17, 15) is 4.79 Å². The third-order valence-corrected chi connectivity index (χ3v) is 3.86. The minimum atomic E-state index is -0.146. The van der Waals surface area contributed by atoms with Gasteiger partial charge < -0.3 is 10.2 Å². The third kappa shape index (κ3) is 2.41. The predicted octanol–water partition coefficient (Wildman–Crippen LogP) is 2.21. The summed E-state index contributed by atoms with van der Waals surface area (Å²) in [7, 11) is 3.78. The molecule has 0 aromatic heterocycles. The van der Waals surface area contributed by atoms with Crippen LogP contribution in [0.1, 0.15) is 25.3 Å². The summed E-state index contributed by atoms with van der Waals surface area (Å²) in [4.78, 5) is 14.3. The van der Waals surface area contributed by atoms with E-state index in [4.69, 9.17) is 0 Å². The first-order valence-corrected chi connectivity index (χ1v) is 6.64. The zero-order chi connectivity index (χ0) is 13.2. The molecule has 98 valence electrons. The molecule has 1 aliphatic rings. The van der Waals surface area contributed by atoms with Gasteiger partial charge in [0.1, 0.15) is 0 Å². The number of nitrogens with zero attached hydrogens (tertiary/aromatic N) is 1. The van der Waals surface area contributed by atoms with Crippen molar-refractivity contribution in [1.82, 2.24) is 5.32 Å². The van der Waals surface area contributed by atoms with Crippen LogP contribution in [-0.4, -0.2) is 26.5 Å². The van der Waals surface area contributed by atoms with Crippen molar-refractivity contribution in [1.29, 1.82) is 0 Å². The summed E-state index contributed by atoms with van der Waals surface area (Å²) in [5, 5.41) is 3.13. The van der Waals surface area contributed by atoms with Gasteiger partial charge in [0.2, 0.25) is 5.91 Å². The van der Waals surface area contributed by atoms with Gasteiger partial charge in [-0.3, -0.25) is 4.79 Å². The topological polar surface area (TPSA) is 32.3 Å². The van der Waals surface area contributed by atoms with Gasteiger partial charge in [0.25, 0.3) is 0 Å². The molecule has 0 unspecified atom stereocenters. The molecule has 1 N–H and O–H groups in total. The molecule has 18 heavy (non-hydrogen) atoms. The number of aryl methyl sites for hydroxylation is 1. The van der Waals surface area contributed by atoms with Crippen molar-refractivity contribution >= 4 is 11.6 Å². The van der Waals surface area contributed by atoms with E-state index in [0.717, 1.165) is 31.5 Å². The molecule has 0 saturated heterocycles. The monoisotopic (exact) mass is 246 g/mol. The number of nitrogens with one attached hydrogen (secondary N) is 1. The maximum absolute atomic E-state index is 12.5. The number of benzene rings is 1. The number of anilines is 1. The Labute approximate surface area is 109 Å². The number of hydrogen-bond donors (Lipinski definition) is 1. The third-order valence-electron chi connectivity index (χ3n) is 3.86. The molecule has 2 rings (SSSR count). The van der Waals surface area contributed by atoms with Crippen molar-refractivity contribution in [2.45, 2.75) is 26.2 Å². The molecule has 1 aromatic carbocycles. The molecule has 1 saturated carbocycles. The van der Waals surface area contributed by atoms with Gasteiger partial charge in [-0.25, -0.2) is 0 Å². The molecule has 1 fully saturated rings. The van der Waals surface area contributed by atoms with Gasteiger partial charge >= 0.3 is 0 Å². The van der Waals surface area contributed by atoms with Crippen molar-refractivity contribution in [3.8, 4) is 0 Å². The van der Waals surface area contributed by atoms with Crippen molar-refractivity contribution < 1.29 is 4.79 Å². The van der Waals surface area contributed by atoms with Gasteiger partial charge in [0, 0.05) is 19.3 Å². The highest BCUT2D eigenvalue weighted by atomic mass is 16.2. The molecule has 0 atom stereocenters. The molecule has 1 amide bonds. The Hall–Kier alpha value is -1.35. The van der Waals surface area contributed by atoms with Crippen molar-refractivity contribution in [2.75, 3.05) is 25.5 Å². The van der Waals surface area contributed by atoms with E-state index in [1.165, 1.54) is 5.56 Å². The minimum Gasteiger partial charge on any atom is -0.319 e. The average Bonchev–Trinajstić information content (AvgIpc) is 3.18. The second-order valence-corrected chi connectivity index (χ2v) is 5.19. The zero-order valence-corrected chi connectivity index (χ0v) is 11.5. The Morgan fingerprint density at radius 1 is 1.33 bits per heavy atom. The highest BCUT2D eigenvalue weighted by Crippen LogP contribution is 2.46. The van der Waals surface area contributed by atoms with Gasteiger partial charge in [0.05, 0.1) is 5.41 Å². The lowest BCUT2D eigenvalue weighted by Crippen LogP contribution is -2.39. The van der Waals surface area contributed by atoms with Gasteiger partial charge in [0.15, 0.2) is 0 Å². The number of carbonyl (C=O) groups excluding carboxylic acids is 1. The van der Waals surface area contributed by atoms with Crippen LogP contribution in [0.2, 0.25) is 0 Å². The van der Waals surface area contributed by atoms with Crippen LogP contribution in [0, 0.1) is 5.41 Å². The van der Waals surface area contributed by atoms with Crippen molar-refractivity contribution in [3.05, 3.63) is 29.8 Å². The number of rotatable bonds is 5. The maximum atomic E-state index is 12.5.